The second-order valence-corrected chi connectivity index (χ2v) is 4.04. The van der Waals surface area contributed by atoms with Gasteiger partial charge >= 0.3 is 0 Å². The van der Waals surface area contributed by atoms with Crippen molar-refractivity contribution in [2.24, 2.45) is 23.7 Å². The molecule has 1 heterocycles. The van der Waals surface area contributed by atoms with Crippen LogP contribution in [-0.4, -0.2) is 12.5 Å². The Hall–Kier alpha value is -0.790. The Labute approximate surface area is 73.0 Å². The number of allylic oxidation sites excluding steroid dienone is 1. The van der Waals surface area contributed by atoms with Crippen molar-refractivity contribution in [2.45, 2.75) is 13.8 Å². The molecule has 1 fully saturated rings. The predicted molar refractivity (Wildman–Crippen MR) is 47.5 cm³/mol. The fraction of sp³-hybridized carbons (Fsp3) is 0.700. The first-order chi connectivity index (χ1) is 5.70. The molecule has 1 saturated heterocycles. The third kappa shape index (κ3) is 0.977. The van der Waals surface area contributed by atoms with Crippen LogP contribution in [-0.2, 0) is 4.79 Å². The van der Waals surface area contributed by atoms with Gasteiger partial charge in [-0.1, -0.05) is 26.0 Å². The van der Waals surface area contributed by atoms with Crippen molar-refractivity contribution in [3.05, 3.63) is 12.2 Å². The summed E-state index contributed by atoms with van der Waals surface area (Å²) >= 11 is 0. The Morgan fingerprint density at radius 3 is 2.92 bits per heavy atom. The van der Waals surface area contributed by atoms with E-state index in [4.69, 9.17) is 0 Å². The molecule has 0 unspecified atom stereocenters. The van der Waals surface area contributed by atoms with Gasteiger partial charge in [0.2, 0.25) is 5.91 Å². The van der Waals surface area contributed by atoms with Gasteiger partial charge in [0.25, 0.3) is 0 Å². The van der Waals surface area contributed by atoms with Gasteiger partial charge in [0.05, 0.1) is 5.92 Å². The topological polar surface area (TPSA) is 29.1 Å². The zero-order chi connectivity index (χ0) is 8.72. The first kappa shape index (κ1) is 7.84. The van der Waals surface area contributed by atoms with Crippen LogP contribution < -0.4 is 5.32 Å². The molecule has 12 heavy (non-hydrogen) atoms. The van der Waals surface area contributed by atoms with Gasteiger partial charge in [-0.25, -0.2) is 0 Å². The lowest BCUT2D eigenvalue weighted by atomic mass is 9.73. The van der Waals surface area contributed by atoms with Crippen LogP contribution in [0, 0.1) is 23.7 Å². The number of hydrogen-bond donors (Lipinski definition) is 1. The van der Waals surface area contributed by atoms with Crippen LogP contribution in [0.25, 0.3) is 0 Å². The molecular formula is C10H15NO. The summed E-state index contributed by atoms with van der Waals surface area (Å²) in [7, 11) is 0. The highest BCUT2D eigenvalue weighted by Crippen LogP contribution is 2.36. The summed E-state index contributed by atoms with van der Waals surface area (Å²) in [5, 5.41) is 2.92. The number of amides is 1. The molecular weight excluding hydrogens is 150 g/mol. The van der Waals surface area contributed by atoms with E-state index in [2.05, 4.69) is 31.3 Å². The van der Waals surface area contributed by atoms with Gasteiger partial charge < -0.3 is 5.32 Å². The molecule has 1 amide bonds. The highest BCUT2D eigenvalue weighted by molar-refractivity contribution is 5.83. The van der Waals surface area contributed by atoms with Gasteiger partial charge in [-0.05, 0) is 17.8 Å². The number of fused-ring (bicyclic) bond motifs is 1. The molecule has 0 aromatic rings. The standard InChI is InChI=1S/C10H15NO/c1-6-3-4-8-9(7(6)2)5-11-10(8)12/h3-4,6-9H,5H2,1-2H3,(H,11,12)/t6-,7+,8-,9+/m1/s1. The first-order valence-electron chi connectivity index (χ1n) is 4.66. The molecule has 66 valence electrons. The number of carbonyl (C=O) groups is 1. The maximum Gasteiger partial charge on any atom is 0.227 e. The highest BCUT2D eigenvalue weighted by Gasteiger charge is 2.39. The minimum atomic E-state index is 0.163. The van der Waals surface area contributed by atoms with Gasteiger partial charge in [0, 0.05) is 6.54 Å². The second-order valence-electron chi connectivity index (χ2n) is 4.04. The van der Waals surface area contributed by atoms with Crippen LogP contribution in [0.4, 0.5) is 0 Å². The Bertz CT molecular complexity index is 234. The van der Waals surface area contributed by atoms with E-state index in [9.17, 15) is 4.79 Å². The molecule has 1 N–H and O–H groups in total. The largest absolute Gasteiger partial charge is 0.355 e. The van der Waals surface area contributed by atoms with Gasteiger partial charge in [-0.2, -0.15) is 0 Å². The van der Waals surface area contributed by atoms with E-state index in [1.54, 1.807) is 0 Å². The second kappa shape index (κ2) is 2.61. The molecule has 1 aliphatic carbocycles. The van der Waals surface area contributed by atoms with Crippen LogP contribution in [0.5, 0.6) is 0 Å². The van der Waals surface area contributed by atoms with E-state index in [-0.39, 0.29) is 11.8 Å². The zero-order valence-corrected chi connectivity index (χ0v) is 7.58. The van der Waals surface area contributed by atoms with Gasteiger partial charge in [0.1, 0.15) is 0 Å². The van der Waals surface area contributed by atoms with E-state index < -0.39 is 0 Å². The molecule has 2 rings (SSSR count). The van der Waals surface area contributed by atoms with Crippen LogP contribution >= 0.6 is 0 Å². The Morgan fingerprint density at radius 2 is 2.17 bits per heavy atom. The van der Waals surface area contributed by atoms with Gasteiger partial charge in [0.15, 0.2) is 0 Å². The fourth-order valence-corrected chi connectivity index (χ4v) is 2.26. The predicted octanol–water partition coefficient (Wildman–Crippen LogP) is 1.19. The number of carbonyl (C=O) groups excluding carboxylic acids is 1. The zero-order valence-electron chi connectivity index (χ0n) is 7.58. The summed E-state index contributed by atoms with van der Waals surface area (Å²) in [4.78, 5) is 11.3. The fourth-order valence-electron chi connectivity index (χ4n) is 2.26. The molecule has 1 aliphatic heterocycles. The Balaban J connectivity index is 2.25. The lowest BCUT2D eigenvalue weighted by molar-refractivity contribution is -0.122. The minimum Gasteiger partial charge on any atom is -0.355 e. The summed E-state index contributed by atoms with van der Waals surface area (Å²) in [6.45, 7) is 5.34. The molecule has 0 radical (unpaired) electrons. The molecule has 2 nitrogen and oxygen atoms in total. The minimum absolute atomic E-state index is 0.163. The van der Waals surface area contributed by atoms with Gasteiger partial charge in [-0.3, -0.25) is 4.79 Å². The van der Waals surface area contributed by atoms with Crippen LogP contribution in [0.2, 0.25) is 0 Å². The van der Waals surface area contributed by atoms with Crippen molar-refractivity contribution in [2.75, 3.05) is 6.54 Å². The summed E-state index contributed by atoms with van der Waals surface area (Å²) in [6, 6.07) is 0. The van der Waals surface area contributed by atoms with E-state index in [0.717, 1.165) is 6.54 Å². The Kier molecular flexibility index (Phi) is 1.71. The number of nitrogens with one attached hydrogen (secondary N) is 1. The van der Waals surface area contributed by atoms with Crippen molar-refractivity contribution in [1.82, 2.24) is 5.32 Å². The molecule has 2 heteroatoms. The van der Waals surface area contributed by atoms with E-state index in [1.165, 1.54) is 0 Å². The summed E-state index contributed by atoms with van der Waals surface area (Å²) in [5.41, 5.74) is 0. The van der Waals surface area contributed by atoms with E-state index in [1.807, 2.05) is 0 Å². The average Bonchev–Trinajstić information content (AvgIpc) is 2.41. The maximum atomic E-state index is 11.3. The maximum absolute atomic E-state index is 11.3. The van der Waals surface area contributed by atoms with Crippen molar-refractivity contribution < 1.29 is 4.79 Å². The molecule has 0 saturated carbocycles. The number of hydrogen-bond acceptors (Lipinski definition) is 1. The quantitative estimate of drug-likeness (QED) is 0.537. The average molecular weight is 165 g/mol. The lowest BCUT2D eigenvalue weighted by Crippen LogP contribution is -2.28. The summed E-state index contributed by atoms with van der Waals surface area (Å²) in [6.07, 6.45) is 4.26. The lowest BCUT2D eigenvalue weighted by Gasteiger charge is -2.29. The smallest absolute Gasteiger partial charge is 0.227 e. The summed E-state index contributed by atoms with van der Waals surface area (Å²) < 4.78 is 0. The van der Waals surface area contributed by atoms with Crippen molar-refractivity contribution in [3.63, 3.8) is 0 Å². The van der Waals surface area contributed by atoms with Crippen LogP contribution in [0.1, 0.15) is 13.8 Å². The van der Waals surface area contributed by atoms with Gasteiger partial charge in [-0.15, -0.1) is 0 Å². The van der Waals surface area contributed by atoms with Crippen molar-refractivity contribution in [1.29, 1.82) is 0 Å². The van der Waals surface area contributed by atoms with E-state index >= 15 is 0 Å². The third-order valence-electron chi connectivity index (χ3n) is 3.40. The monoisotopic (exact) mass is 165 g/mol. The van der Waals surface area contributed by atoms with Crippen LogP contribution in [0.3, 0.4) is 0 Å². The SMILES string of the molecule is C[C@@H]1[C@@H]2CNC(=O)[C@@H]2C=C[C@H]1C. The normalized spacial score (nSPS) is 45.7. The molecule has 0 spiro atoms. The molecule has 2 aliphatic rings. The van der Waals surface area contributed by atoms with Crippen LogP contribution in [0.15, 0.2) is 12.2 Å². The first-order valence-corrected chi connectivity index (χ1v) is 4.66. The Morgan fingerprint density at radius 1 is 1.42 bits per heavy atom. The molecule has 0 aromatic heterocycles. The van der Waals surface area contributed by atoms with Crippen molar-refractivity contribution in [3.8, 4) is 0 Å². The summed E-state index contributed by atoms with van der Waals surface area (Å²) in [5.74, 6) is 2.18. The van der Waals surface area contributed by atoms with Crippen molar-refractivity contribution >= 4 is 5.91 Å². The van der Waals surface area contributed by atoms with E-state index in [0.29, 0.717) is 17.8 Å². The third-order valence-corrected chi connectivity index (χ3v) is 3.40. The molecule has 0 aromatic carbocycles. The number of rotatable bonds is 0. The molecule has 0 bridgehead atoms. The highest BCUT2D eigenvalue weighted by atomic mass is 16.2. The molecule has 4 atom stereocenters.